The Morgan fingerprint density at radius 3 is 2.79 bits per heavy atom. The molecule has 8 heteroatoms. The number of fused-ring (bicyclic) bond motifs is 1. The average molecular weight is 440 g/mol. The van der Waals surface area contributed by atoms with Gasteiger partial charge in [0.15, 0.2) is 0 Å². The number of benzene rings is 1. The summed E-state index contributed by atoms with van der Waals surface area (Å²) in [5, 5.41) is 3.51. The summed E-state index contributed by atoms with van der Waals surface area (Å²) in [5.74, 6) is 0.269. The van der Waals surface area contributed by atoms with Crippen LogP contribution >= 0.6 is 35.5 Å². The molecule has 0 aliphatic carbocycles. The highest BCUT2D eigenvalue weighted by Crippen LogP contribution is 2.37. The van der Waals surface area contributed by atoms with Crippen molar-refractivity contribution >= 4 is 52.3 Å². The van der Waals surface area contributed by atoms with Crippen LogP contribution in [0.4, 0.5) is 5.00 Å². The van der Waals surface area contributed by atoms with E-state index in [1.54, 1.807) is 17.8 Å². The van der Waals surface area contributed by atoms with Crippen molar-refractivity contribution in [2.24, 2.45) is 5.73 Å². The molecule has 1 aromatic carbocycles. The van der Waals surface area contributed by atoms with Gasteiger partial charge in [-0.1, -0.05) is 19.9 Å². The Bertz CT molecular complexity index is 854. The van der Waals surface area contributed by atoms with E-state index in [-0.39, 0.29) is 18.3 Å². The van der Waals surface area contributed by atoms with Crippen molar-refractivity contribution in [3.05, 3.63) is 45.8 Å². The molecule has 1 aliphatic rings. The molecule has 152 valence electrons. The fourth-order valence-electron chi connectivity index (χ4n) is 3.38. The number of carbonyl (C=O) groups is 2. The lowest BCUT2D eigenvalue weighted by molar-refractivity contribution is 0.1000. The smallest absolute Gasteiger partial charge is 0.256 e. The van der Waals surface area contributed by atoms with E-state index in [4.69, 9.17) is 5.73 Å². The highest BCUT2D eigenvalue weighted by Gasteiger charge is 2.27. The molecule has 0 radical (unpaired) electrons. The number of carbonyl (C=O) groups excluding carboxylic acids is 2. The summed E-state index contributed by atoms with van der Waals surface area (Å²) in [5.41, 5.74) is 7.73. The maximum Gasteiger partial charge on any atom is 0.256 e. The third-order valence-electron chi connectivity index (χ3n) is 4.56. The van der Waals surface area contributed by atoms with Crippen LogP contribution in [0.1, 0.15) is 51.4 Å². The van der Waals surface area contributed by atoms with Crippen LogP contribution in [0.3, 0.4) is 0 Å². The monoisotopic (exact) mass is 439 g/mol. The standard InChI is InChI=1S/C20H25N3O2S2.ClH/c1-3-9-23-10-8-15-16(12-23)27-20(17(15)18(21)24)22-19(25)13-6-5-7-14(11-13)26-4-2;/h5-7,11H,3-4,8-10,12H2,1-2H3,(H2,21,24)(H,22,25);1H. The molecule has 5 nitrogen and oxygen atoms in total. The molecule has 3 N–H and O–H groups in total. The number of amides is 2. The van der Waals surface area contributed by atoms with Crippen LogP contribution in [0, 0.1) is 0 Å². The first-order valence-electron chi connectivity index (χ1n) is 9.24. The van der Waals surface area contributed by atoms with Crippen molar-refractivity contribution in [2.75, 3.05) is 24.2 Å². The molecule has 2 heterocycles. The summed E-state index contributed by atoms with van der Waals surface area (Å²) in [6.07, 6.45) is 1.89. The molecule has 0 spiro atoms. The van der Waals surface area contributed by atoms with Crippen molar-refractivity contribution in [3.63, 3.8) is 0 Å². The van der Waals surface area contributed by atoms with Crippen LogP contribution < -0.4 is 11.1 Å². The number of nitrogens with one attached hydrogen (secondary N) is 1. The van der Waals surface area contributed by atoms with Crippen LogP contribution in [0.15, 0.2) is 29.2 Å². The minimum absolute atomic E-state index is 0. The van der Waals surface area contributed by atoms with Gasteiger partial charge >= 0.3 is 0 Å². The first-order valence-corrected chi connectivity index (χ1v) is 11.0. The number of hydrogen-bond acceptors (Lipinski definition) is 5. The molecule has 0 atom stereocenters. The molecular formula is C20H26ClN3O2S2. The molecule has 0 saturated heterocycles. The van der Waals surface area contributed by atoms with E-state index >= 15 is 0 Å². The van der Waals surface area contributed by atoms with Crippen molar-refractivity contribution in [3.8, 4) is 0 Å². The number of thiophene rings is 1. The Balaban J connectivity index is 0.00000280. The quantitative estimate of drug-likeness (QED) is 0.627. The molecule has 2 amide bonds. The fourth-order valence-corrected chi connectivity index (χ4v) is 5.39. The molecule has 1 aromatic heterocycles. The topological polar surface area (TPSA) is 75.4 Å². The second kappa shape index (κ2) is 10.3. The number of anilines is 1. The number of primary amides is 1. The largest absolute Gasteiger partial charge is 0.365 e. The van der Waals surface area contributed by atoms with Gasteiger partial charge in [0.1, 0.15) is 5.00 Å². The Morgan fingerprint density at radius 2 is 2.11 bits per heavy atom. The molecular weight excluding hydrogens is 414 g/mol. The lowest BCUT2D eigenvalue weighted by atomic mass is 10.0. The minimum atomic E-state index is -0.470. The third kappa shape index (κ3) is 5.08. The molecule has 3 rings (SSSR count). The van der Waals surface area contributed by atoms with Gasteiger partial charge in [-0.25, -0.2) is 0 Å². The molecule has 0 bridgehead atoms. The summed E-state index contributed by atoms with van der Waals surface area (Å²) in [4.78, 5) is 29.4. The summed E-state index contributed by atoms with van der Waals surface area (Å²) < 4.78 is 0. The molecule has 0 fully saturated rings. The van der Waals surface area contributed by atoms with Gasteiger partial charge in [0.25, 0.3) is 11.8 Å². The van der Waals surface area contributed by atoms with Crippen molar-refractivity contribution in [1.29, 1.82) is 0 Å². The van der Waals surface area contributed by atoms with Crippen LogP contribution in [0.5, 0.6) is 0 Å². The predicted octanol–water partition coefficient (Wildman–Crippen LogP) is 4.40. The maximum absolute atomic E-state index is 12.7. The van der Waals surface area contributed by atoms with Crippen LogP contribution in [0.2, 0.25) is 0 Å². The summed E-state index contributed by atoms with van der Waals surface area (Å²) in [6.45, 7) is 7.00. The highest BCUT2D eigenvalue weighted by molar-refractivity contribution is 7.99. The van der Waals surface area contributed by atoms with Gasteiger partial charge in [-0.05, 0) is 48.9 Å². The predicted molar refractivity (Wildman–Crippen MR) is 120 cm³/mol. The number of rotatable bonds is 7. The van der Waals surface area contributed by atoms with Gasteiger partial charge in [0.2, 0.25) is 0 Å². The normalized spacial score (nSPS) is 13.5. The van der Waals surface area contributed by atoms with E-state index in [1.807, 2.05) is 18.2 Å². The van der Waals surface area contributed by atoms with Crippen molar-refractivity contribution in [2.45, 2.75) is 38.1 Å². The average Bonchev–Trinajstić information content (AvgIpc) is 2.99. The van der Waals surface area contributed by atoms with Gasteiger partial charge in [-0.15, -0.1) is 35.5 Å². The van der Waals surface area contributed by atoms with Crippen LogP contribution in [-0.2, 0) is 13.0 Å². The molecule has 0 unspecified atom stereocenters. The first kappa shape index (κ1) is 22.7. The van der Waals surface area contributed by atoms with E-state index in [0.29, 0.717) is 16.1 Å². The number of hydrogen-bond donors (Lipinski definition) is 2. The van der Waals surface area contributed by atoms with Gasteiger partial charge in [0, 0.05) is 28.4 Å². The van der Waals surface area contributed by atoms with Gasteiger partial charge < -0.3 is 11.1 Å². The van der Waals surface area contributed by atoms with Crippen LogP contribution in [0.25, 0.3) is 0 Å². The van der Waals surface area contributed by atoms with E-state index in [1.165, 1.54) is 11.3 Å². The summed E-state index contributed by atoms with van der Waals surface area (Å²) in [7, 11) is 0. The van der Waals surface area contributed by atoms with Crippen molar-refractivity contribution < 1.29 is 9.59 Å². The van der Waals surface area contributed by atoms with E-state index in [2.05, 4.69) is 24.1 Å². The SMILES string of the molecule is CCCN1CCc2c(sc(NC(=O)c3cccc(SCC)c3)c2C(N)=O)C1.Cl. The van der Waals surface area contributed by atoms with E-state index < -0.39 is 5.91 Å². The molecule has 28 heavy (non-hydrogen) atoms. The molecule has 0 saturated carbocycles. The lowest BCUT2D eigenvalue weighted by Crippen LogP contribution is -2.31. The zero-order chi connectivity index (χ0) is 19.4. The zero-order valence-corrected chi connectivity index (χ0v) is 18.6. The minimum Gasteiger partial charge on any atom is -0.365 e. The maximum atomic E-state index is 12.7. The number of halogens is 1. The summed E-state index contributed by atoms with van der Waals surface area (Å²) in [6, 6.07) is 7.54. The Labute approximate surface area is 180 Å². The Hall–Kier alpha value is -1.54. The fraction of sp³-hybridized carbons (Fsp3) is 0.400. The number of nitrogens with two attached hydrogens (primary N) is 1. The molecule has 1 aliphatic heterocycles. The van der Waals surface area contributed by atoms with Gasteiger partial charge in [-0.2, -0.15) is 0 Å². The first-order chi connectivity index (χ1) is 13.0. The van der Waals surface area contributed by atoms with Gasteiger partial charge in [-0.3, -0.25) is 14.5 Å². The summed E-state index contributed by atoms with van der Waals surface area (Å²) >= 11 is 3.17. The number of thioether (sulfide) groups is 1. The van der Waals surface area contributed by atoms with E-state index in [0.717, 1.165) is 53.6 Å². The highest BCUT2D eigenvalue weighted by atomic mass is 35.5. The zero-order valence-electron chi connectivity index (χ0n) is 16.1. The Kier molecular flexibility index (Phi) is 8.37. The van der Waals surface area contributed by atoms with Crippen molar-refractivity contribution in [1.82, 2.24) is 4.90 Å². The molecule has 2 aromatic rings. The van der Waals surface area contributed by atoms with E-state index in [9.17, 15) is 9.59 Å². The van der Waals surface area contributed by atoms with Crippen LogP contribution in [-0.4, -0.2) is 35.6 Å². The Morgan fingerprint density at radius 1 is 1.32 bits per heavy atom. The lowest BCUT2D eigenvalue weighted by Gasteiger charge is -2.26. The second-order valence-electron chi connectivity index (χ2n) is 6.51. The second-order valence-corrected chi connectivity index (χ2v) is 8.96. The number of nitrogens with zero attached hydrogens (tertiary/aromatic N) is 1. The third-order valence-corrected chi connectivity index (χ3v) is 6.56. The van der Waals surface area contributed by atoms with Gasteiger partial charge in [0.05, 0.1) is 5.56 Å².